The Balaban J connectivity index is 1.90. The summed E-state index contributed by atoms with van der Waals surface area (Å²) in [4.78, 5) is 24.9. The molecule has 0 atom stereocenters. The lowest BCUT2D eigenvalue weighted by atomic mass is 10.0. The average Bonchev–Trinajstić information content (AvgIpc) is 3.03. The molecule has 1 N–H and O–H groups in total. The predicted molar refractivity (Wildman–Crippen MR) is 96.8 cm³/mol. The van der Waals surface area contributed by atoms with Gasteiger partial charge in [-0.2, -0.15) is 0 Å². The predicted octanol–water partition coefficient (Wildman–Crippen LogP) is 3.98. The summed E-state index contributed by atoms with van der Waals surface area (Å²) in [5.41, 5.74) is 2.46. The molecule has 0 saturated heterocycles. The Bertz CT molecular complexity index is 961. The van der Waals surface area contributed by atoms with Crippen LogP contribution in [0.3, 0.4) is 0 Å². The first kappa shape index (κ1) is 16.7. The van der Waals surface area contributed by atoms with Gasteiger partial charge in [-0.3, -0.25) is 4.79 Å². The van der Waals surface area contributed by atoms with Gasteiger partial charge in [-0.25, -0.2) is 4.79 Å². The smallest absolute Gasteiger partial charge is 0.336 e. The fourth-order valence-electron chi connectivity index (χ4n) is 2.72. The van der Waals surface area contributed by atoms with Crippen LogP contribution in [0.2, 0.25) is 5.02 Å². The van der Waals surface area contributed by atoms with Crippen molar-refractivity contribution in [3.8, 4) is 0 Å². The van der Waals surface area contributed by atoms with Crippen LogP contribution in [0.15, 0.2) is 38.9 Å². The van der Waals surface area contributed by atoms with Gasteiger partial charge in [0, 0.05) is 27.9 Å². The van der Waals surface area contributed by atoms with Crippen LogP contribution in [0.25, 0.3) is 11.0 Å². The molecule has 0 aliphatic heterocycles. The van der Waals surface area contributed by atoms with Gasteiger partial charge >= 0.3 is 5.63 Å². The maximum Gasteiger partial charge on any atom is 0.336 e. The van der Waals surface area contributed by atoms with E-state index in [0.29, 0.717) is 22.6 Å². The number of hydrogen-bond acceptors (Lipinski definition) is 4. The van der Waals surface area contributed by atoms with Crippen LogP contribution in [0.5, 0.6) is 0 Å². The van der Waals surface area contributed by atoms with E-state index in [2.05, 4.69) is 5.32 Å². The summed E-state index contributed by atoms with van der Waals surface area (Å²) in [7, 11) is 0. The molecule has 6 heteroatoms. The topological polar surface area (TPSA) is 59.3 Å². The molecule has 0 spiro atoms. The summed E-state index contributed by atoms with van der Waals surface area (Å²) >= 11 is 7.86. The number of hydrogen-bond donors (Lipinski definition) is 1. The number of amides is 1. The molecule has 3 aromatic rings. The standard InChI is InChI=1S/C18H16ClNO3S/c1-10-6-14-17(11(2)18(10)19)12(7-16(22)23-14)9-20-15(21)8-13-4-3-5-24-13/h3-7H,8-9H2,1-2H3,(H,20,21). The monoisotopic (exact) mass is 361 g/mol. The van der Waals surface area contributed by atoms with E-state index in [9.17, 15) is 9.59 Å². The summed E-state index contributed by atoms with van der Waals surface area (Å²) in [6.07, 6.45) is 0.329. The number of benzene rings is 1. The summed E-state index contributed by atoms with van der Waals surface area (Å²) in [6, 6.07) is 7.00. The number of fused-ring (bicyclic) bond motifs is 1. The quantitative estimate of drug-likeness (QED) is 0.715. The van der Waals surface area contributed by atoms with Gasteiger partial charge in [0.15, 0.2) is 0 Å². The van der Waals surface area contributed by atoms with E-state index in [-0.39, 0.29) is 12.5 Å². The van der Waals surface area contributed by atoms with Gasteiger partial charge in [-0.15, -0.1) is 11.3 Å². The lowest BCUT2D eigenvalue weighted by Gasteiger charge is -2.12. The van der Waals surface area contributed by atoms with Crippen molar-refractivity contribution in [2.75, 3.05) is 0 Å². The number of rotatable bonds is 4. The third kappa shape index (κ3) is 3.37. The Labute approximate surface area is 148 Å². The normalized spacial score (nSPS) is 11.0. The molecule has 1 amide bonds. The molecule has 0 fully saturated rings. The Morgan fingerprint density at radius 3 is 2.83 bits per heavy atom. The zero-order valence-corrected chi connectivity index (χ0v) is 14.9. The molecule has 0 bridgehead atoms. The van der Waals surface area contributed by atoms with E-state index in [0.717, 1.165) is 21.4 Å². The molecular weight excluding hydrogens is 346 g/mol. The molecule has 24 heavy (non-hydrogen) atoms. The van der Waals surface area contributed by atoms with Crippen LogP contribution in [0, 0.1) is 13.8 Å². The molecule has 0 saturated carbocycles. The minimum absolute atomic E-state index is 0.0882. The SMILES string of the molecule is Cc1cc2oc(=O)cc(CNC(=O)Cc3cccs3)c2c(C)c1Cl. The van der Waals surface area contributed by atoms with E-state index < -0.39 is 5.63 Å². The maximum absolute atomic E-state index is 12.1. The number of carbonyl (C=O) groups is 1. The maximum atomic E-state index is 12.1. The highest BCUT2D eigenvalue weighted by Gasteiger charge is 2.14. The van der Waals surface area contributed by atoms with Crippen molar-refractivity contribution in [1.82, 2.24) is 5.32 Å². The number of nitrogens with one attached hydrogen (secondary N) is 1. The van der Waals surface area contributed by atoms with Crippen LogP contribution in [-0.4, -0.2) is 5.91 Å². The van der Waals surface area contributed by atoms with Gasteiger partial charge in [-0.1, -0.05) is 17.7 Å². The van der Waals surface area contributed by atoms with Crippen LogP contribution in [0.4, 0.5) is 0 Å². The van der Waals surface area contributed by atoms with Crippen molar-refractivity contribution in [3.05, 3.63) is 66.7 Å². The Morgan fingerprint density at radius 2 is 2.12 bits per heavy atom. The second-order valence-electron chi connectivity index (χ2n) is 5.63. The summed E-state index contributed by atoms with van der Waals surface area (Å²) < 4.78 is 5.29. The molecule has 2 aromatic heterocycles. The zero-order valence-electron chi connectivity index (χ0n) is 13.3. The van der Waals surface area contributed by atoms with Gasteiger partial charge in [0.1, 0.15) is 5.58 Å². The highest BCUT2D eigenvalue weighted by Crippen LogP contribution is 2.30. The first-order valence-electron chi connectivity index (χ1n) is 7.47. The average molecular weight is 362 g/mol. The number of thiophene rings is 1. The minimum Gasteiger partial charge on any atom is -0.423 e. The summed E-state index contributed by atoms with van der Waals surface area (Å²) in [6.45, 7) is 4.01. The van der Waals surface area contributed by atoms with Crippen LogP contribution in [0.1, 0.15) is 21.6 Å². The van der Waals surface area contributed by atoms with Crippen LogP contribution < -0.4 is 10.9 Å². The molecule has 4 nitrogen and oxygen atoms in total. The molecule has 1 aromatic carbocycles. The van der Waals surface area contributed by atoms with Crippen molar-refractivity contribution >= 4 is 39.8 Å². The molecule has 0 unspecified atom stereocenters. The fourth-order valence-corrected chi connectivity index (χ4v) is 3.57. The first-order valence-corrected chi connectivity index (χ1v) is 8.73. The molecule has 124 valence electrons. The zero-order chi connectivity index (χ0) is 17.3. The van der Waals surface area contributed by atoms with Gasteiger partial charge in [-0.05, 0) is 48.1 Å². The summed E-state index contributed by atoms with van der Waals surface area (Å²) in [5, 5.41) is 6.22. The number of aryl methyl sites for hydroxylation is 2. The van der Waals surface area contributed by atoms with Gasteiger partial charge in [0.05, 0.1) is 6.42 Å². The number of carbonyl (C=O) groups excluding carboxylic acids is 1. The lowest BCUT2D eigenvalue weighted by molar-refractivity contribution is -0.120. The molecule has 0 aliphatic carbocycles. The van der Waals surface area contributed by atoms with Crippen molar-refractivity contribution in [2.24, 2.45) is 0 Å². The van der Waals surface area contributed by atoms with Gasteiger partial charge in [0.25, 0.3) is 0 Å². The highest BCUT2D eigenvalue weighted by molar-refractivity contribution is 7.10. The van der Waals surface area contributed by atoms with Gasteiger partial charge < -0.3 is 9.73 Å². The lowest BCUT2D eigenvalue weighted by Crippen LogP contribution is -2.25. The van der Waals surface area contributed by atoms with Gasteiger partial charge in [0.2, 0.25) is 5.91 Å². The Kier molecular flexibility index (Phi) is 4.73. The van der Waals surface area contributed by atoms with Crippen LogP contribution >= 0.6 is 22.9 Å². The van der Waals surface area contributed by atoms with E-state index >= 15 is 0 Å². The number of halogens is 1. The fraction of sp³-hybridized carbons (Fsp3) is 0.222. The van der Waals surface area contributed by atoms with E-state index in [1.165, 1.54) is 6.07 Å². The second-order valence-corrected chi connectivity index (χ2v) is 7.04. The van der Waals surface area contributed by atoms with E-state index in [4.69, 9.17) is 16.0 Å². The third-order valence-corrected chi connectivity index (χ3v) is 5.32. The highest BCUT2D eigenvalue weighted by atomic mass is 35.5. The molecular formula is C18H16ClNO3S. The molecule has 0 aliphatic rings. The molecule has 0 radical (unpaired) electrons. The van der Waals surface area contributed by atoms with Crippen LogP contribution in [-0.2, 0) is 17.8 Å². The molecule has 3 rings (SSSR count). The third-order valence-electron chi connectivity index (χ3n) is 3.86. The summed E-state index contributed by atoms with van der Waals surface area (Å²) in [5.74, 6) is -0.0882. The van der Waals surface area contributed by atoms with Crippen molar-refractivity contribution in [2.45, 2.75) is 26.8 Å². The van der Waals surface area contributed by atoms with E-state index in [1.807, 2.05) is 31.4 Å². The van der Waals surface area contributed by atoms with Crippen molar-refractivity contribution in [3.63, 3.8) is 0 Å². The second kappa shape index (κ2) is 6.79. The van der Waals surface area contributed by atoms with E-state index in [1.54, 1.807) is 17.4 Å². The largest absolute Gasteiger partial charge is 0.423 e. The Hall–Kier alpha value is -2.11. The van der Waals surface area contributed by atoms with Crippen molar-refractivity contribution in [1.29, 1.82) is 0 Å². The molecule has 2 heterocycles. The minimum atomic E-state index is -0.439. The Morgan fingerprint density at radius 1 is 1.33 bits per heavy atom. The first-order chi connectivity index (χ1) is 11.5. The van der Waals surface area contributed by atoms with Crippen molar-refractivity contribution < 1.29 is 9.21 Å².